The fraction of sp³-hybridized carbons (Fsp3) is 0.143. The summed E-state index contributed by atoms with van der Waals surface area (Å²) in [5.74, 6) is 0. The van der Waals surface area contributed by atoms with Gasteiger partial charge in [-0.2, -0.15) is 0 Å². The zero-order chi connectivity index (χ0) is 15.6. The van der Waals surface area contributed by atoms with E-state index in [1.54, 1.807) is 32.0 Å². The van der Waals surface area contributed by atoms with Gasteiger partial charge in [0.15, 0.2) is 0 Å². The van der Waals surface area contributed by atoms with E-state index in [0.717, 1.165) is 0 Å². The zero-order valence-electron chi connectivity index (χ0n) is 11.5. The van der Waals surface area contributed by atoms with Gasteiger partial charge in [-0.3, -0.25) is 14.8 Å². The molecule has 0 aliphatic rings. The van der Waals surface area contributed by atoms with Crippen LogP contribution in [0.25, 0.3) is 0 Å². The topological polar surface area (TPSA) is 89.3 Å². The highest BCUT2D eigenvalue weighted by molar-refractivity contribution is 7.92. The largest absolute Gasteiger partial charge is 0.280 e. The second kappa shape index (κ2) is 5.53. The average Bonchev–Trinajstić information content (AvgIpc) is 2.38. The van der Waals surface area contributed by atoms with Crippen molar-refractivity contribution in [3.63, 3.8) is 0 Å². The number of hydrogen-bond acceptors (Lipinski definition) is 4. The van der Waals surface area contributed by atoms with Crippen molar-refractivity contribution in [2.45, 2.75) is 18.7 Å². The summed E-state index contributed by atoms with van der Waals surface area (Å²) in [6, 6.07) is 10.7. The van der Waals surface area contributed by atoms with E-state index in [2.05, 4.69) is 4.72 Å². The smallest absolute Gasteiger partial charge is 0.272 e. The molecule has 0 heterocycles. The Bertz CT molecular complexity index is 800. The molecule has 0 radical (unpaired) electrons. The van der Waals surface area contributed by atoms with Crippen LogP contribution in [0.15, 0.2) is 47.4 Å². The summed E-state index contributed by atoms with van der Waals surface area (Å²) < 4.78 is 27.0. The van der Waals surface area contributed by atoms with E-state index in [9.17, 15) is 18.5 Å². The summed E-state index contributed by atoms with van der Waals surface area (Å²) in [5.41, 5.74) is 1.27. The summed E-state index contributed by atoms with van der Waals surface area (Å²) in [7, 11) is -3.71. The van der Waals surface area contributed by atoms with Crippen molar-refractivity contribution in [2.24, 2.45) is 0 Å². The molecule has 0 saturated heterocycles. The van der Waals surface area contributed by atoms with Gasteiger partial charge >= 0.3 is 0 Å². The maximum Gasteiger partial charge on any atom is 0.272 e. The van der Waals surface area contributed by atoms with E-state index in [0.29, 0.717) is 16.8 Å². The minimum absolute atomic E-state index is 0.0474. The zero-order valence-corrected chi connectivity index (χ0v) is 12.3. The van der Waals surface area contributed by atoms with Gasteiger partial charge in [0, 0.05) is 17.3 Å². The minimum Gasteiger partial charge on any atom is -0.280 e. The highest BCUT2D eigenvalue weighted by Gasteiger charge is 2.18. The van der Waals surface area contributed by atoms with Gasteiger partial charge in [-0.05, 0) is 37.6 Å². The van der Waals surface area contributed by atoms with Crippen LogP contribution in [0.1, 0.15) is 11.1 Å². The summed E-state index contributed by atoms with van der Waals surface area (Å²) in [5, 5.41) is 10.8. The van der Waals surface area contributed by atoms with Gasteiger partial charge in [-0.1, -0.05) is 18.2 Å². The number of nitro groups is 1. The molecule has 1 N–H and O–H groups in total. The maximum atomic E-state index is 12.3. The minimum atomic E-state index is -3.71. The molecule has 0 fully saturated rings. The lowest BCUT2D eigenvalue weighted by molar-refractivity contribution is -0.385. The molecule has 21 heavy (non-hydrogen) atoms. The molecule has 6 nitrogen and oxygen atoms in total. The van der Waals surface area contributed by atoms with Crippen LogP contribution in [0.3, 0.4) is 0 Å². The second-order valence-corrected chi connectivity index (χ2v) is 6.28. The van der Waals surface area contributed by atoms with Gasteiger partial charge < -0.3 is 0 Å². The lowest BCUT2D eigenvalue weighted by Gasteiger charge is -2.10. The molecule has 2 aromatic carbocycles. The quantitative estimate of drug-likeness (QED) is 0.694. The SMILES string of the molecule is Cc1cc(NS(=O)(=O)c2ccccc2C)ccc1[N+](=O)[O-]. The Labute approximate surface area is 122 Å². The molecule has 7 heteroatoms. The van der Waals surface area contributed by atoms with Gasteiger partial charge in [0.25, 0.3) is 15.7 Å². The van der Waals surface area contributed by atoms with Crippen molar-refractivity contribution in [1.29, 1.82) is 0 Å². The van der Waals surface area contributed by atoms with Crippen LogP contribution >= 0.6 is 0 Å². The summed E-state index contributed by atoms with van der Waals surface area (Å²) in [4.78, 5) is 10.4. The number of aryl methyl sites for hydroxylation is 2. The standard InChI is InChI=1S/C14H14N2O4S/c1-10-5-3-4-6-14(10)21(19,20)15-12-7-8-13(16(17)18)11(2)9-12/h3-9,15H,1-2H3. The highest BCUT2D eigenvalue weighted by Crippen LogP contribution is 2.24. The molecule has 0 aliphatic carbocycles. The highest BCUT2D eigenvalue weighted by atomic mass is 32.2. The van der Waals surface area contributed by atoms with Gasteiger partial charge in [-0.25, -0.2) is 8.42 Å². The molecule has 110 valence electrons. The number of sulfonamides is 1. The third-order valence-corrected chi connectivity index (χ3v) is 4.57. The van der Waals surface area contributed by atoms with Gasteiger partial charge in [0.1, 0.15) is 0 Å². The third-order valence-electron chi connectivity index (χ3n) is 3.03. The van der Waals surface area contributed by atoms with Crippen LogP contribution in [0.4, 0.5) is 11.4 Å². The maximum absolute atomic E-state index is 12.3. The lowest BCUT2D eigenvalue weighted by Crippen LogP contribution is -2.14. The van der Waals surface area contributed by atoms with Crippen LogP contribution in [0.5, 0.6) is 0 Å². The number of anilines is 1. The first-order valence-electron chi connectivity index (χ1n) is 6.15. The first kappa shape index (κ1) is 15.0. The Morgan fingerprint density at radius 1 is 1.05 bits per heavy atom. The van der Waals surface area contributed by atoms with Crippen molar-refractivity contribution in [2.75, 3.05) is 4.72 Å². The molecule has 0 amide bonds. The van der Waals surface area contributed by atoms with E-state index in [1.165, 1.54) is 24.3 Å². The van der Waals surface area contributed by atoms with Crippen LogP contribution in [0.2, 0.25) is 0 Å². The molecule has 0 aliphatic heterocycles. The normalized spacial score (nSPS) is 11.1. The molecule has 0 unspecified atom stereocenters. The average molecular weight is 306 g/mol. The molecule has 2 aromatic rings. The van der Waals surface area contributed by atoms with E-state index in [-0.39, 0.29) is 10.6 Å². The van der Waals surface area contributed by atoms with E-state index >= 15 is 0 Å². The molecule has 2 rings (SSSR count). The van der Waals surface area contributed by atoms with E-state index in [1.807, 2.05) is 0 Å². The van der Waals surface area contributed by atoms with Crippen molar-refractivity contribution in [3.8, 4) is 0 Å². The molecule has 0 aromatic heterocycles. The fourth-order valence-electron chi connectivity index (χ4n) is 1.99. The van der Waals surface area contributed by atoms with Crippen LogP contribution in [0, 0.1) is 24.0 Å². The van der Waals surface area contributed by atoms with Gasteiger partial charge in [-0.15, -0.1) is 0 Å². The molecule has 0 bridgehead atoms. The molecular weight excluding hydrogens is 292 g/mol. The fourth-order valence-corrected chi connectivity index (χ4v) is 3.29. The number of nitro benzene ring substituents is 1. The Kier molecular flexibility index (Phi) is 3.95. The third kappa shape index (κ3) is 3.19. The van der Waals surface area contributed by atoms with E-state index in [4.69, 9.17) is 0 Å². The van der Waals surface area contributed by atoms with Crippen molar-refractivity contribution < 1.29 is 13.3 Å². The summed E-state index contributed by atoms with van der Waals surface area (Å²) in [6.45, 7) is 3.26. The summed E-state index contributed by atoms with van der Waals surface area (Å²) in [6.07, 6.45) is 0. The van der Waals surface area contributed by atoms with Crippen molar-refractivity contribution in [1.82, 2.24) is 0 Å². The Morgan fingerprint density at radius 2 is 1.71 bits per heavy atom. The molecule has 0 atom stereocenters. The van der Waals surface area contributed by atoms with Gasteiger partial charge in [0.2, 0.25) is 0 Å². The lowest BCUT2D eigenvalue weighted by atomic mass is 10.2. The number of hydrogen-bond donors (Lipinski definition) is 1. The number of nitrogens with zero attached hydrogens (tertiary/aromatic N) is 1. The molecule has 0 saturated carbocycles. The number of nitrogens with one attached hydrogen (secondary N) is 1. The number of rotatable bonds is 4. The predicted molar refractivity (Wildman–Crippen MR) is 79.8 cm³/mol. The van der Waals surface area contributed by atoms with Crippen molar-refractivity contribution in [3.05, 3.63) is 63.7 Å². The first-order chi connectivity index (χ1) is 9.81. The Morgan fingerprint density at radius 3 is 2.29 bits per heavy atom. The summed E-state index contributed by atoms with van der Waals surface area (Å²) >= 11 is 0. The van der Waals surface area contributed by atoms with Crippen molar-refractivity contribution >= 4 is 21.4 Å². The van der Waals surface area contributed by atoms with Crippen LogP contribution < -0.4 is 4.72 Å². The Balaban J connectivity index is 2.36. The van der Waals surface area contributed by atoms with Gasteiger partial charge in [0.05, 0.1) is 9.82 Å². The predicted octanol–water partition coefficient (Wildman–Crippen LogP) is 3.01. The molecule has 0 spiro atoms. The number of benzene rings is 2. The monoisotopic (exact) mass is 306 g/mol. The first-order valence-corrected chi connectivity index (χ1v) is 7.63. The molecular formula is C14H14N2O4S. The van der Waals surface area contributed by atoms with Crippen LogP contribution in [-0.2, 0) is 10.0 Å². The van der Waals surface area contributed by atoms with E-state index < -0.39 is 14.9 Å². The van der Waals surface area contributed by atoms with Crippen LogP contribution in [-0.4, -0.2) is 13.3 Å². The Hall–Kier alpha value is -2.41. The second-order valence-electron chi connectivity index (χ2n) is 4.63.